The molecule has 0 saturated carbocycles. The van der Waals surface area contributed by atoms with Gasteiger partial charge >= 0.3 is 5.97 Å². The highest BCUT2D eigenvalue weighted by Crippen LogP contribution is 2.27. The van der Waals surface area contributed by atoms with Crippen LogP contribution in [0, 0.1) is 0 Å². The lowest BCUT2D eigenvalue weighted by atomic mass is 10.2. The number of ether oxygens (including phenoxy) is 1. The van der Waals surface area contributed by atoms with E-state index in [1.807, 2.05) is 0 Å². The highest BCUT2D eigenvalue weighted by molar-refractivity contribution is 8.01. The third kappa shape index (κ3) is 4.57. The molecule has 10 heteroatoms. The van der Waals surface area contributed by atoms with Crippen molar-refractivity contribution in [2.75, 3.05) is 18.2 Å². The van der Waals surface area contributed by atoms with Crippen molar-refractivity contribution in [3.05, 3.63) is 33.8 Å². The zero-order valence-electron chi connectivity index (χ0n) is 11.1. The molecule has 0 unspecified atom stereocenters. The molecule has 0 fully saturated rings. The molecule has 0 aliphatic rings. The summed E-state index contributed by atoms with van der Waals surface area (Å²) in [4.78, 5) is 23.1. The largest absolute Gasteiger partial charge is 0.468 e. The van der Waals surface area contributed by atoms with Crippen molar-refractivity contribution >= 4 is 63.3 Å². The first-order valence-corrected chi connectivity index (χ1v) is 8.35. The van der Waals surface area contributed by atoms with E-state index in [-0.39, 0.29) is 22.3 Å². The number of methoxy groups -OCH3 is 1. The molecule has 0 atom stereocenters. The average molecular weight is 378 g/mol. The SMILES string of the molecule is COC(=O)CSc1nnc(NC(=O)c2ccc(Cl)cc2Cl)s1. The molecular weight excluding hydrogens is 369 g/mol. The van der Waals surface area contributed by atoms with Crippen LogP contribution in [0.3, 0.4) is 0 Å². The summed E-state index contributed by atoms with van der Waals surface area (Å²) in [5, 5.41) is 11.3. The van der Waals surface area contributed by atoms with Gasteiger partial charge in [-0.3, -0.25) is 14.9 Å². The van der Waals surface area contributed by atoms with Gasteiger partial charge in [-0.25, -0.2) is 0 Å². The van der Waals surface area contributed by atoms with Crippen molar-refractivity contribution in [3.63, 3.8) is 0 Å². The molecule has 2 aromatic rings. The lowest BCUT2D eigenvalue weighted by Gasteiger charge is -2.03. The Kier molecular flexibility index (Phi) is 6.01. The Bertz CT molecular complexity index is 709. The van der Waals surface area contributed by atoms with E-state index in [1.165, 1.54) is 31.0 Å². The molecule has 0 spiro atoms. The van der Waals surface area contributed by atoms with Gasteiger partial charge in [0.1, 0.15) is 0 Å². The molecule has 0 aliphatic heterocycles. The topological polar surface area (TPSA) is 81.2 Å². The van der Waals surface area contributed by atoms with Crippen molar-refractivity contribution < 1.29 is 14.3 Å². The van der Waals surface area contributed by atoms with Crippen LogP contribution in [0.25, 0.3) is 0 Å². The number of benzene rings is 1. The summed E-state index contributed by atoms with van der Waals surface area (Å²) in [7, 11) is 1.31. The highest BCUT2D eigenvalue weighted by atomic mass is 35.5. The van der Waals surface area contributed by atoms with Crippen LogP contribution in [0.4, 0.5) is 5.13 Å². The van der Waals surface area contributed by atoms with Crippen LogP contribution in [-0.4, -0.2) is 34.9 Å². The normalized spacial score (nSPS) is 10.3. The molecule has 1 amide bonds. The summed E-state index contributed by atoms with van der Waals surface area (Å²) in [5.74, 6) is -0.650. The van der Waals surface area contributed by atoms with Crippen LogP contribution in [0.2, 0.25) is 10.0 Å². The predicted molar refractivity (Wildman–Crippen MR) is 87.1 cm³/mol. The number of hydrogen-bond acceptors (Lipinski definition) is 7. The number of anilines is 1. The van der Waals surface area contributed by atoms with Gasteiger partial charge in [0.2, 0.25) is 5.13 Å². The van der Waals surface area contributed by atoms with Crippen molar-refractivity contribution in [1.82, 2.24) is 10.2 Å². The van der Waals surface area contributed by atoms with E-state index in [1.54, 1.807) is 6.07 Å². The molecule has 0 radical (unpaired) electrons. The van der Waals surface area contributed by atoms with Crippen LogP contribution in [0.15, 0.2) is 22.5 Å². The molecule has 116 valence electrons. The summed E-state index contributed by atoms with van der Waals surface area (Å²) in [6, 6.07) is 4.57. The fraction of sp³-hybridized carbons (Fsp3) is 0.167. The van der Waals surface area contributed by atoms with Crippen LogP contribution in [0.1, 0.15) is 10.4 Å². The molecule has 6 nitrogen and oxygen atoms in total. The van der Waals surface area contributed by atoms with Gasteiger partial charge in [-0.1, -0.05) is 46.3 Å². The first-order chi connectivity index (χ1) is 10.5. The lowest BCUT2D eigenvalue weighted by Crippen LogP contribution is -2.12. The zero-order valence-corrected chi connectivity index (χ0v) is 14.3. The lowest BCUT2D eigenvalue weighted by molar-refractivity contribution is -0.137. The number of rotatable bonds is 5. The maximum absolute atomic E-state index is 12.1. The number of carbonyl (C=O) groups excluding carboxylic acids is 2. The van der Waals surface area contributed by atoms with Gasteiger partial charge in [-0.15, -0.1) is 10.2 Å². The number of esters is 1. The number of halogens is 2. The van der Waals surface area contributed by atoms with E-state index in [9.17, 15) is 9.59 Å². The van der Waals surface area contributed by atoms with Gasteiger partial charge in [0, 0.05) is 5.02 Å². The van der Waals surface area contributed by atoms with Gasteiger partial charge in [-0.2, -0.15) is 0 Å². The first kappa shape index (κ1) is 17.0. The molecule has 0 bridgehead atoms. The Balaban J connectivity index is 2.00. The summed E-state index contributed by atoms with van der Waals surface area (Å²) >= 11 is 14.1. The smallest absolute Gasteiger partial charge is 0.316 e. The standard InChI is InChI=1S/C12H9Cl2N3O3S2/c1-20-9(18)5-21-12-17-16-11(22-12)15-10(19)7-3-2-6(13)4-8(7)14/h2-4H,5H2,1H3,(H,15,16,19). The van der Waals surface area contributed by atoms with E-state index >= 15 is 0 Å². The summed E-state index contributed by atoms with van der Waals surface area (Å²) in [6.07, 6.45) is 0. The number of thioether (sulfide) groups is 1. The second-order valence-corrected chi connectivity index (χ2v) is 6.86. The van der Waals surface area contributed by atoms with E-state index < -0.39 is 5.91 Å². The number of carbonyl (C=O) groups is 2. The van der Waals surface area contributed by atoms with Crippen LogP contribution in [-0.2, 0) is 9.53 Å². The second-order valence-electron chi connectivity index (χ2n) is 3.82. The van der Waals surface area contributed by atoms with Crippen LogP contribution < -0.4 is 5.32 Å². The van der Waals surface area contributed by atoms with E-state index in [2.05, 4.69) is 20.3 Å². The van der Waals surface area contributed by atoms with E-state index in [0.29, 0.717) is 14.5 Å². The van der Waals surface area contributed by atoms with Crippen molar-refractivity contribution in [2.24, 2.45) is 0 Å². The summed E-state index contributed by atoms with van der Waals surface area (Å²) < 4.78 is 5.07. The fourth-order valence-electron chi connectivity index (χ4n) is 1.34. The van der Waals surface area contributed by atoms with E-state index in [4.69, 9.17) is 23.2 Å². The minimum absolute atomic E-state index is 0.127. The molecule has 0 aliphatic carbocycles. The van der Waals surface area contributed by atoms with E-state index in [0.717, 1.165) is 11.3 Å². The van der Waals surface area contributed by atoms with Gasteiger partial charge in [0.15, 0.2) is 4.34 Å². The van der Waals surface area contributed by atoms with Gasteiger partial charge in [-0.05, 0) is 18.2 Å². The van der Waals surface area contributed by atoms with Gasteiger partial charge in [0.25, 0.3) is 5.91 Å². The number of aromatic nitrogens is 2. The van der Waals surface area contributed by atoms with Crippen molar-refractivity contribution in [3.8, 4) is 0 Å². The average Bonchev–Trinajstić information content (AvgIpc) is 2.92. The Morgan fingerprint density at radius 3 is 2.82 bits per heavy atom. The number of nitrogens with zero attached hydrogens (tertiary/aromatic N) is 2. The van der Waals surface area contributed by atoms with Crippen LogP contribution in [0.5, 0.6) is 0 Å². The number of nitrogens with one attached hydrogen (secondary N) is 1. The van der Waals surface area contributed by atoms with Gasteiger partial charge < -0.3 is 4.74 Å². The Hall–Kier alpha value is -1.35. The molecule has 2 rings (SSSR count). The molecule has 1 aromatic carbocycles. The number of hydrogen-bond donors (Lipinski definition) is 1. The molecule has 1 N–H and O–H groups in total. The molecule has 1 heterocycles. The molecular formula is C12H9Cl2N3O3S2. The van der Waals surface area contributed by atoms with Crippen molar-refractivity contribution in [2.45, 2.75) is 4.34 Å². The highest BCUT2D eigenvalue weighted by Gasteiger charge is 2.14. The summed E-state index contributed by atoms with van der Waals surface area (Å²) in [6.45, 7) is 0. The molecule has 22 heavy (non-hydrogen) atoms. The second kappa shape index (κ2) is 7.77. The molecule has 0 saturated heterocycles. The predicted octanol–water partition coefficient (Wildman–Crippen LogP) is 3.36. The number of amides is 1. The minimum atomic E-state index is -0.415. The monoisotopic (exact) mass is 377 g/mol. The maximum Gasteiger partial charge on any atom is 0.316 e. The Morgan fingerprint density at radius 1 is 1.36 bits per heavy atom. The van der Waals surface area contributed by atoms with Crippen LogP contribution >= 0.6 is 46.3 Å². The fourth-order valence-corrected chi connectivity index (χ4v) is 3.41. The van der Waals surface area contributed by atoms with Gasteiger partial charge in [0.05, 0.1) is 23.4 Å². The Labute approximate surface area is 144 Å². The Morgan fingerprint density at radius 2 is 2.14 bits per heavy atom. The first-order valence-electron chi connectivity index (χ1n) is 5.79. The van der Waals surface area contributed by atoms with Crippen molar-refractivity contribution in [1.29, 1.82) is 0 Å². The quantitative estimate of drug-likeness (QED) is 0.488. The third-order valence-electron chi connectivity index (χ3n) is 2.34. The minimum Gasteiger partial charge on any atom is -0.468 e. The molecule has 1 aromatic heterocycles. The zero-order chi connectivity index (χ0) is 16.1. The maximum atomic E-state index is 12.1. The summed E-state index contributed by atoms with van der Waals surface area (Å²) in [5.41, 5.74) is 0.282. The third-order valence-corrected chi connectivity index (χ3v) is 4.84.